The number of hydrogen-bond acceptors (Lipinski definition) is 3. The average Bonchev–Trinajstić information content (AvgIpc) is 2.69. The third-order valence-electron chi connectivity index (χ3n) is 3.36. The Morgan fingerprint density at radius 1 is 1.44 bits per heavy atom. The fourth-order valence-corrected chi connectivity index (χ4v) is 2.06. The van der Waals surface area contributed by atoms with Gasteiger partial charge in [0.2, 0.25) is 0 Å². The van der Waals surface area contributed by atoms with Crippen molar-refractivity contribution in [1.29, 1.82) is 0 Å². The summed E-state index contributed by atoms with van der Waals surface area (Å²) in [6.07, 6.45) is 5.20. The van der Waals surface area contributed by atoms with E-state index < -0.39 is 0 Å². The lowest BCUT2D eigenvalue weighted by molar-refractivity contribution is 0.172. The van der Waals surface area contributed by atoms with Crippen LogP contribution in [-0.4, -0.2) is 38.3 Å². The standard InChI is InChI=1S/C10H15N5O/c16-10(12-8-2-1-3-8)14-4-5-15-7-11-13-9(15)6-14/h7-8H,1-6H2,(H,12,16). The maximum Gasteiger partial charge on any atom is 0.318 e. The Bertz CT molecular complexity index is 398. The van der Waals surface area contributed by atoms with E-state index in [0.717, 1.165) is 31.8 Å². The summed E-state index contributed by atoms with van der Waals surface area (Å²) in [6, 6.07) is 0.436. The molecule has 1 N–H and O–H groups in total. The second-order valence-corrected chi connectivity index (χ2v) is 4.44. The molecule has 6 heteroatoms. The van der Waals surface area contributed by atoms with Crippen molar-refractivity contribution < 1.29 is 4.79 Å². The molecule has 0 unspecified atom stereocenters. The molecule has 1 aliphatic heterocycles. The van der Waals surface area contributed by atoms with E-state index in [0.29, 0.717) is 12.6 Å². The van der Waals surface area contributed by atoms with Crippen molar-refractivity contribution in [2.45, 2.75) is 38.4 Å². The summed E-state index contributed by atoms with van der Waals surface area (Å²) in [4.78, 5) is 13.7. The third kappa shape index (κ3) is 1.64. The van der Waals surface area contributed by atoms with Crippen LogP contribution in [0.3, 0.4) is 0 Å². The van der Waals surface area contributed by atoms with Crippen molar-refractivity contribution >= 4 is 6.03 Å². The van der Waals surface area contributed by atoms with E-state index in [1.54, 1.807) is 6.33 Å². The molecule has 2 heterocycles. The van der Waals surface area contributed by atoms with Gasteiger partial charge in [-0.1, -0.05) is 0 Å². The highest BCUT2D eigenvalue weighted by Gasteiger charge is 2.25. The summed E-state index contributed by atoms with van der Waals surface area (Å²) in [5.41, 5.74) is 0. The maximum atomic E-state index is 11.9. The Kier molecular flexibility index (Phi) is 2.27. The van der Waals surface area contributed by atoms with Crippen molar-refractivity contribution in [2.75, 3.05) is 6.54 Å². The van der Waals surface area contributed by atoms with E-state index in [1.165, 1.54) is 6.42 Å². The summed E-state index contributed by atoms with van der Waals surface area (Å²) in [5, 5.41) is 10.9. The highest BCUT2D eigenvalue weighted by molar-refractivity contribution is 5.74. The quantitative estimate of drug-likeness (QED) is 0.744. The fraction of sp³-hybridized carbons (Fsp3) is 0.700. The number of fused-ring (bicyclic) bond motifs is 1. The third-order valence-corrected chi connectivity index (χ3v) is 3.36. The van der Waals surface area contributed by atoms with Crippen molar-refractivity contribution in [3.8, 4) is 0 Å². The van der Waals surface area contributed by atoms with Crippen molar-refractivity contribution in [3.05, 3.63) is 12.2 Å². The molecule has 1 fully saturated rings. The number of amides is 2. The average molecular weight is 221 g/mol. The molecule has 1 aromatic heterocycles. The monoisotopic (exact) mass is 221 g/mol. The molecule has 3 rings (SSSR count). The summed E-state index contributed by atoms with van der Waals surface area (Å²) < 4.78 is 1.99. The van der Waals surface area contributed by atoms with Gasteiger partial charge in [0.05, 0.1) is 6.54 Å². The molecule has 86 valence electrons. The van der Waals surface area contributed by atoms with Crippen LogP contribution in [0.1, 0.15) is 25.1 Å². The first-order chi connectivity index (χ1) is 7.83. The van der Waals surface area contributed by atoms with E-state index in [2.05, 4.69) is 15.5 Å². The number of nitrogens with one attached hydrogen (secondary N) is 1. The van der Waals surface area contributed by atoms with Gasteiger partial charge < -0.3 is 14.8 Å². The molecule has 0 atom stereocenters. The Hall–Kier alpha value is -1.59. The molecule has 16 heavy (non-hydrogen) atoms. The predicted molar refractivity (Wildman–Crippen MR) is 56.6 cm³/mol. The Morgan fingerprint density at radius 2 is 2.31 bits per heavy atom. The van der Waals surface area contributed by atoms with E-state index in [9.17, 15) is 4.79 Å². The van der Waals surface area contributed by atoms with Crippen LogP contribution < -0.4 is 5.32 Å². The number of carbonyl (C=O) groups is 1. The van der Waals surface area contributed by atoms with Crippen molar-refractivity contribution in [2.24, 2.45) is 0 Å². The molecule has 0 aromatic carbocycles. The SMILES string of the molecule is O=C(NC1CCC1)N1CCn2cnnc2C1. The summed E-state index contributed by atoms with van der Waals surface area (Å²) >= 11 is 0. The van der Waals surface area contributed by atoms with Gasteiger partial charge in [0, 0.05) is 19.1 Å². The first kappa shape index (κ1) is 9.62. The number of hydrogen-bond donors (Lipinski definition) is 1. The minimum absolute atomic E-state index is 0.0407. The van der Waals surface area contributed by atoms with Gasteiger partial charge in [0.25, 0.3) is 0 Å². The number of rotatable bonds is 1. The zero-order chi connectivity index (χ0) is 11.0. The van der Waals surface area contributed by atoms with Crippen LogP contribution in [0.2, 0.25) is 0 Å². The van der Waals surface area contributed by atoms with E-state index in [1.807, 2.05) is 9.47 Å². The topological polar surface area (TPSA) is 63.1 Å². The molecule has 1 aliphatic carbocycles. The summed E-state index contributed by atoms with van der Waals surface area (Å²) in [6.45, 7) is 2.10. The maximum absolute atomic E-state index is 11.9. The predicted octanol–water partition coefficient (Wildman–Crippen LogP) is 0.356. The molecule has 1 aromatic rings. The van der Waals surface area contributed by atoms with E-state index >= 15 is 0 Å². The lowest BCUT2D eigenvalue weighted by Crippen LogP contribution is -2.49. The van der Waals surface area contributed by atoms with Crippen molar-refractivity contribution in [3.63, 3.8) is 0 Å². The van der Waals surface area contributed by atoms with Gasteiger partial charge in [-0.2, -0.15) is 0 Å². The zero-order valence-electron chi connectivity index (χ0n) is 9.09. The molecular weight excluding hydrogens is 206 g/mol. The molecule has 2 aliphatic rings. The molecule has 0 saturated heterocycles. The highest BCUT2D eigenvalue weighted by Crippen LogP contribution is 2.19. The lowest BCUT2D eigenvalue weighted by Gasteiger charge is -2.32. The van der Waals surface area contributed by atoms with Gasteiger partial charge in [-0.3, -0.25) is 0 Å². The highest BCUT2D eigenvalue weighted by atomic mass is 16.2. The lowest BCUT2D eigenvalue weighted by atomic mass is 9.93. The molecular formula is C10H15N5O. The van der Waals surface area contributed by atoms with Crippen LogP contribution in [0.15, 0.2) is 6.33 Å². The second-order valence-electron chi connectivity index (χ2n) is 4.44. The Labute approximate surface area is 93.6 Å². The Balaban J connectivity index is 1.62. The number of aromatic nitrogens is 3. The number of nitrogens with zero attached hydrogens (tertiary/aromatic N) is 4. The largest absolute Gasteiger partial charge is 0.335 e. The number of carbonyl (C=O) groups excluding carboxylic acids is 1. The number of urea groups is 1. The molecule has 0 spiro atoms. The van der Waals surface area contributed by atoms with Gasteiger partial charge in [-0.25, -0.2) is 4.79 Å². The van der Waals surface area contributed by atoms with Gasteiger partial charge in [-0.05, 0) is 19.3 Å². The smallest absolute Gasteiger partial charge is 0.318 e. The Morgan fingerprint density at radius 3 is 3.06 bits per heavy atom. The van der Waals surface area contributed by atoms with Crippen LogP contribution in [0.25, 0.3) is 0 Å². The molecule has 6 nitrogen and oxygen atoms in total. The minimum atomic E-state index is 0.0407. The fourth-order valence-electron chi connectivity index (χ4n) is 2.06. The first-order valence-corrected chi connectivity index (χ1v) is 5.75. The zero-order valence-corrected chi connectivity index (χ0v) is 9.09. The molecule has 1 saturated carbocycles. The molecule has 0 radical (unpaired) electrons. The molecule has 0 bridgehead atoms. The first-order valence-electron chi connectivity index (χ1n) is 5.75. The van der Waals surface area contributed by atoms with E-state index in [-0.39, 0.29) is 6.03 Å². The normalized spacial score (nSPS) is 20.1. The van der Waals surface area contributed by atoms with Crippen molar-refractivity contribution in [1.82, 2.24) is 25.0 Å². The van der Waals surface area contributed by atoms with E-state index in [4.69, 9.17) is 0 Å². The van der Waals surface area contributed by atoms with Crippen LogP contribution in [-0.2, 0) is 13.1 Å². The minimum Gasteiger partial charge on any atom is -0.335 e. The van der Waals surface area contributed by atoms with Gasteiger partial charge >= 0.3 is 6.03 Å². The van der Waals surface area contributed by atoms with Gasteiger partial charge in [0.15, 0.2) is 5.82 Å². The van der Waals surface area contributed by atoms with Crippen LogP contribution in [0.5, 0.6) is 0 Å². The van der Waals surface area contributed by atoms with Gasteiger partial charge in [-0.15, -0.1) is 10.2 Å². The van der Waals surface area contributed by atoms with Crippen LogP contribution in [0, 0.1) is 0 Å². The van der Waals surface area contributed by atoms with Gasteiger partial charge in [0.1, 0.15) is 6.33 Å². The summed E-state index contributed by atoms with van der Waals surface area (Å²) in [5.74, 6) is 0.870. The summed E-state index contributed by atoms with van der Waals surface area (Å²) in [7, 11) is 0. The second kappa shape index (κ2) is 3.77. The van der Waals surface area contributed by atoms with Crippen LogP contribution in [0.4, 0.5) is 4.79 Å². The van der Waals surface area contributed by atoms with Crippen LogP contribution >= 0.6 is 0 Å². The molecule has 2 amide bonds.